The number of halogens is 1. The van der Waals surface area contributed by atoms with Crippen LogP contribution in [0.25, 0.3) is 0 Å². The van der Waals surface area contributed by atoms with Gasteiger partial charge >= 0.3 is 0 Å². The average molecular weight is 324 g/mol. The van der Waals surface area contributed by atoms with Crippen LogP contribution in [0.3, 0.4) is 0 Å². The molecule has 0 spiro atoms. The number of imidazole rings is 1. The van der Waals surface area contributed by atoms with Gasteiger partial charge in [-0.25, -0.2) is 9.37 Å². The Balaban J connectivity index is 1.67. The zero-order valence-electron chi connectivity index (χ0n) is 12.6. The van der Waals surface area contributed by atoms with Gasteiger partial charge in [-0.2, -0.15) is 10.5 Å². The molecule has 1 aliphatic rings. The van der Waals surface area contributed by atoms with Gasteiger partial charge in [-0.05, 0) is 18.6 Å². The largest absolute Gasteiger partial charge is 0.368 e. The summed E-state index contributed by atoms with van der Waals surface area (Å²) in [6, 6.07) is 10.0. The maximum atomic E-state index is 13.8. The molecule has 1 fully saturated rings. The minimum Gasteiger partial charge on any atom is -0.368 e. The molecule has 1 amide bonds. The lowest BCUT2D eigenvalue weighted by Crippen LogP contribution is -2.27. The molecular formula is C16H13FN6O. The molecule has 7 nitrogen and oxygen atoms in total. The number of rotatable bonds is 3. The van der Waals surface area contributed by atoms with Gasteiger partial charge in [0.2, 0.25) is 11.9 Å². The van der Waals surface area contributed by atoms with E-state index in [0.29, 0.717) is 25.2 Å². The summed E-state index contributed by atoms with van der Waals surface area (Å²) in [7, 11) is 0. The van der Waals surface area contributed by atoms with Crippen molar-refractivity contribution in [1.29, 1.82) is 10.5 Å². The molecule has 2 aromatic rings. The van der Waals surface area contributed by atoms with Crippen molar-refractivity contribution in [2.45, 2.75) is 6.42 Å². The van der Waals surface area contributed by atoms with Crippen molar-refractivity contribution in [1.82, 2.24) is 9.97 Å². The van der Waals surface area contributed by atoms with Crippen LogP contribution in [0, 0.1) is 34.4 Å². The van der Waals surface area contributed by atoms with Crippen LogP contribution in [-0.4, -0.2) is 29.0 Å². The van der Waals surface area contributed by atoms with Crippen LogP contribution in [0.2, 0.25) is 0 Å². The molecule has 1 saturated heterocycles. The lowest BCUT2D eigenvalue weighted by Gasteiger charge is -2.18. The predicted octanol–water partition coefficient (Wildman–Crippen LogP) is 1.76. The zero-order valence-corrected chi connectivity index (χ0v) is 12.6. The second kappa shape index (κ2) is 6.39. The summed E-state index contributed by atoms with van der Waals surface area (Å²) >= 11 is 0. The first-order valence-electron chi connectivity index (χ1n) is 7.33. The van der Waals surface area contributed by atoms with E-state index < -0.39 is 0 Å². The molecule has 0 radical (unpaired) electrons. The molecule has 1 aromatic carbocycles. The van der Waals surface area contributed by atoms with Crippen molar-refractivity contribution in [2.24, 2.45) is 5.92 Å². The quantitative estimate of drug-likeness (QED) is 0.894. The second-order valence-electron chi connectivity index (χ2n) is 5.40. The fourth-order valence-corrected chi connectivity index (χ4v) is 2.71. The highest BCUT2D eigenvalue weighted by Crippen LogP contribution is 2.26. The van der Waals surface area contributed by atoms with Crippen LogP contribution < -0.4 is 10.2 Å². The summed E-state index contributed by atoms with van der Waals surface area (Å²) in [4.78, 5) is 20.6. The normalized spacial score (nSPS) is 16.5. The summed E-state index contributed by atoms with van der Waals surface area (Å²) < 4.78 is 13.8. The molecule has 0 bridgehead atoms. The van der Waals surface area contributed by atoms with E-state index in [0.717, 1.165) is 0 Å². The molecule has 3 rings (SSSR count). The highest BCUT2D eigenvalue weighted by molar-refractivity contribution is 5.92. The minimum absolute atomic E-state index is 0.00667. The lowest BCUT2D eigenvalue weighted by molar-refractivity contribution is -0.119. The maximum absolute atomic E-state index is 13.8. The number of carbonyl (C=O) groups excluding carboxylic acids is 1. The summed E-state index contributed by atoms with van der Waals surface area (Å²) in [5.74, 6) is -0.860. The number of aromatic nitrogens is 2. The number of aromatic amines is 1. The number of hydrogen-bond acceptors (Lipinski definition) is 5. The van der Waals surface area contributed by atoms with Gasteiger partial charge in [0.15, 0.2) is 11.4 Å². The van der Waals surface area contributed by atoms with Gasteiger partial charge in [0.25, 0.3) is 0 Å². The first-order chi connectivity index (χ1) is 11.6. The second-order valence-corrected chi connectivity index (χ2v) is 5.40. The van der Waals surface area contributed by atoms with Crippen molar-refractivity contribution >= 4 is 17.5 Å². The van der Waals surface area contributed by atoms with Gasteiger partial charge in [0.1, 0.15) is 18.0 Å². The first kappa shape index (κ1) is 15.5. The van der Waals surface area contributed by atoms with Gasteiger partial charge in [-0.15, -0.1) is 0 Å². The van der Waals surface area contributed by atoms with Gasteiger partial charge in [0.05, 0.1) is 11.6 Å². The van der Waals surface area contributed by atoms with E-state index in [1.54, 1.807) is 30.3 Å². The Morgan fingerprint density at radius 2 is 2.17 bits per heavy atom. The highest BCUT2D eigenvalue weighted by atomic mass is 19.1. The number of amides is 1. The van der Waals surface area contributed by atoms with E-state index in [4.69, 9.17) is 10.5 Å². The fraction of sp³-hybridized carbons (Fsp3) is 0.250. The van der Waals surface area contributed by atoms with Crippen LogP contribution in [0.5, 0.6) is 0 Å². The summed E-state index contributed by atoms with van der Waals surface area (Å²) in [6.45, 7) is 0.966. The third kappa shape index (κ3) is 2.90. The van der Waals surface area contributed by atoms with Crippen molar-refractivity contribution in [2.75, 3.05) is 23.3 Å². The third-order valence-corrected chi connectivity index (χ3v) is 3.92. The highest BCUT2D eigenvalue weighted by Gasteiger charge is 2.30. The molecule has 120 valence electrons. The molecule has 0 saturated carbocycles. The monoisotopic (exact) mass is 324 g/mol. The lowest BCUT2D eigenvalue weighted by atomic mass is 10.1. The number of nitriles is 2. The zero-order chi connectivity index (χ0) is 17.1. The van der Waals surface area contributed by atoms with E-state index in [2.05, 4.69) is 15.3 Å². The minimum atomic E-state index is -0.328. The third-order valence-electron chi connectivity index (χ3n) is 3.92. The molecule has 8 heteroatoms. The van der Waals surface area contributed by atoms with Crippen LogP contribution in [-0.2, 0) is 4.79 Å². The van der Waals surface area contributed by atoms with Crippen molar-refractivity contribution in [3.63, 3.8) is 0 Å². The van der Waals surface area contributed by atoms with Gasteiger partial charge < -0.3 is 9.88 Å². The molecule has 24 heavy (non-hydrogen) atoms. The molecule has 0 aliphatic carbocycles. The Morgan fingerprint density at radius 1 is 1.38 bits per heavy atom. The van der Waals surface area contributed by atoms with E-state index in [1.807, 2.05) is 4.90 Å². The Labute approximate surface area is 137 Å². The van der Waals surface area contributed by atoms with Crippen LogP contribution in [0.15, 0.2) is 24.3 Å². The topological polar surface area (TPSA) is 109 Å². The standard InChI is InChI=1S/C16H13FN6O/c17-11-3-1-2-4-14(11)23-6-5-10(9-23)15(24)22-16-20-12(7-18)13(8-19)21-16/h1-4,10H,5-6,9H2,(H2,20,21,22,24)/t10-/m1/s1. The molecular weight excluding hydrogens is 311 g/mol. The number of H-pyrrole nitrogens is 1. The Kier molecular flexibility index (Phi) is 4.13. The summed E-state index contributed by atoms with van der Waals surface area (Å²) in [5.41, 5.74) is 0.420. The molecule has 2 heterocycles. The predicted molar refractivity (Wildman–Crippen MR) is 83.4 cm³/mol. The van der Waals surface area contributed by atoms with Crippen molar-refractivity contribution < 1.29 is 9.18 Å². The van der Waals surface area contributed by atoms with Gasteiger partial charge in [0, 0.05) is 13.1 Å². The number of carbonyl (C=O) groups is 1. The number of anilines is 2. The average Bonchev–Trinajstić information content (AvgIpc) is 3.21. The Hall–Kier alpha value is -3.39. The fourth-order valence-electron chi connectivity index (χ4n) is 2.71. The maximum Gasteiger partial charge on any atom is 0.231 e. The molecule has 2 N–H and O–H groups in total. The smallest absolute Gasteiger partial charge is 0.231 e. The van der Waals surface area contributed by atoms with Gasteiger partial charge in [-0.3, -0.25) is 10.1 Å². The number of hydrogen-bond donors (Lipinski definition) is 2. The van der Waals surface area contributed by atoms with Crippen molar-refractivity contribution in [3.05, 3.63) is 41.5 Å². The molecule has 1 atom stereocenters. The van der Waals surface area contributed by atoms with Crippen LogP contribution in [0.4, 0.5) is 16.0 Å². The SMILES string of the molecule is N#Cc1nc(NC(=O)[C@@H]2CCN(c3ccccc3F)C2)[nH]c1C#N. The molecule has 1 aliphatic heterocycles. The van der Waals surface area contributed by atoms with E-state index in [1.165, 1.54) is 6.07 Å². The number of nitrogens with zero attached hydrogens (tertiary/aromatic N) is 4. The van der Waals surface area contributed by atoms with Crippen LogP contribution in [0.1, 0.15) is 17.8 Å². The van der Waals surface area contributed by atoms with Gasteiger partial charge in [-0.1, -0.05) is 12.1 Å². The summed E-state index contributed by atoms with van der Waals surface area (Å²) in [6.07, 6.45) is 0.580. The van der Waals surface area contributed by atoms with E-state index in [9.17, 15) is 9.18 Å². The van der Waals surface area contributed by atoms with Crippen LogP contribution >= 0.6 is 0 Å². The number of benzene rings is 1. The number of para-hydroxylation sites is 1. The Bertz CT molecular complexity index is 831. The van der Waals surface area contributed by atoms with E-state index >= 15 is 0 Å². The Morgan fingerprint density at radius 3 is 2.83 bits per heavy atom. The first-order valence-corrected chi connectivity index (χ1v) is 7.33. The van der Waals surface area contributed by atoms with Crippen molar-refractivity contribution in [3.8, 4) is 12.1 Å². The van der Waals surface area contributed by atoms with E-state index in [-0.39, 0.29) is 35.0 Å². The number of nitrogens with one attached hydrogen (secondary N) is 2. The molecule has 0 unspecified atom stereocenters. The summed E-state index contributed by atoms with van der Waals surface area (Å²) in [5, 5.41) is 20.3. The molecule has 1 aromatic heterocycles.